The Bertz CT molecular complexity index is 1530. The van der Waals surface area contributed by atoms with Gasteiger partial charge in [0.1, 0.15) is 27.5 Å². The molecule has 16 heteroatoms. The van der Waals surface area contributed by atoms with E-state index < -0.39 is 29.1 Å². The van der Waals surface area contributed by atoms with E-state index in [9.17, 15) is 24.3 Å². The Morgan fingerprint density at radius 3 is 2.69 bits per heavy atom. The topological polar surface area (TPSA) is 181 Å². The molecule has 3 amide bonds. The predicted molar refractivity (Wildman–Crippen MR) is 152 cm³/mol. The molecule has 14 nitrogen and oxygen atoms in total. The van der Waals surface area contributed by atoms with Gasteiger partial charge in [0.2, 0.25) is 11.8 Å². The minimum absolute atomic E-state index is 0.0156. The molecular formula is C26H30N8O6S2. The highest BCUT2D eigenvalue weighted by molar-refractivity contribution is 8.00. The fourth-order valence-electron chi connectivity index (χ4n) is 4.61. The number of carboxylic acid groups (broad SMARTS) is 1. The van der Waals surface area contributed by atoms with Crippen molar-refractivity contribution in [3.8, 4) is 0 Å². The van der Waals surface area contributed by atoms with Gasteiger partial charge in [0.15, 0.2) is 5.65 Å². The standard InChI is InChI=1S/C26H30N8O6S2/c1-25(2,3)40-24(39)27-11-16-7-5-4-6-15(16)10-18(35)28-20-21(36)33-12-26(23(37)38,14-42-22(20)33)13-41-19-9-8-17-29-31-32-34(17)30-19/h4-9,20,22H,10-14H2,1-3H3,(H,27,39)(H,28,35)(H,37,38)/t20?,22-,26?/m1/s1. The highest BCUT2D eigenvalue weighted by Gasteiger charge is 2.57. The zero-order valence-electron chi connectivity index (χ0n) is 23.1. The Morgan fingerprint density at radius 2 is 1.95 bits per heavy atom. The number of fused-ring (bicyclic) bond motifs is 2. The van der Waals surface area contributed by atoms with Crippen molar-refractivity contribution >= 4 is 53.0 Å². The normalized spacial score (nSPS) is 21.8. The molecule has 2 aromatic heterocycles. The maximum atomic E-state index is 13.0. The molecule has 0 bridgehead atoms. The first-order valence-electron chi connectivity index (χ1n) is 13.1. The molecule has 2 fully saturated rings. The molecule has 4 heterocycles. The van der Waals surface area contributed by atoms with Crippen LogP contribution in [0.3, 0.4) is 0 Å². The number of β-lactam (4-membered cyclic amide) rings is 1. The van der Waals surface area contributed by atoms with E-state index in [0.29, 0.717) is 16.2 Å². The van der Waals surface area contributed by atoms with E-state index in [4.69, 9.17) is 4.74 Å². The number of nitrogens with zero attached hydrogens (tertiary/aromatic N) is 6. The van der Waals surface area contributed by atoms with E-state index in [1.807, 2.05) is 12.1 Å². The fourth-order valence-corrected chi connectivity index (χ4v) is 7.32. The minimum Gasteiger partial charge on any atom is -0.481 e. The zero-order chi connectivity index (χ0) is 30.1. The van der Waals surface area contributed by atoms with Crippen LogP contribution in [0.1, 0.15) is 31.9 Å². The number of carbonyl (C=O) groups is 4. The molecule has 5 rings (SSSR count). The number of carbonyl (C=O) groups excluding carboxylic acids is 3. The second kappa shape index (κ2) is 11.8. The number of ether oxygens (including phenoxy) is 1. The zero-order valence-corrected chi connectivity index (χ0v) is 24.8. The largest absolute Gasteiger partial charge is 0.481 e. The fraction of sp³-hybridized carbons (Fsp3) is 0.462. The predicted octanol–water partition coefficient (Wildman–Crippen LogP) is 1.35. The van der Waals surface area contributed by atoms with E-state index in [2.05, 4.69) is 31.3 Å². The van der Waals surface area contributed by atoms with Crippen LogP contribution in [0.2, 0.25) is 0 Å². The van der Waals surface area contributed by atoms with Crippen molar-refractivity contribution < 1.29 is 29.0 Å². The summed E-state index contributed by atoms with van der Waals surface area (Å²) in [4.78, 5) is 52.0. The van der Waals surface area contributed by atoms with E-state index in [1.165, 1.54) is 33.1 Å². The summed E-state index contributed by atoms with van der Waals surface area (Å²) >= 11 is 2.60. The number of aromatic nitrogens is 5. The minimum atomic E-state index is -1.19. The average molecular weight is 615 g/mol. The van der Waals surface area contributed by atoms with Gasteiger partial charge in [0.05, 0.1) is 6.42 Å². The third kappa shape index (κ3) is 6.43. The van der Waals surface area contributed by atoms with Crippen LogP contribution in [0.4, 0.5) is 4.79 Å². The van der Waals surface area contributed by atoms with Crippen molar-refractivity contribution in [3.05, 3.63) is 47.5 Å². The summed E-state index contributed by atoms with van der Waals surface area (Å²) in [5, 5.41) is 31.3. The highest BCUT2D eigenvalue weighted by atomic mass is 32.2. The van der Waals surface area contributed by atoms with Gasteiger partial charge in [-0.3, -0.25) is 14.4 Å². The Hall–Kier alpha value is -3.92. The highest BCUT2D eigenvalue weighted by Crippen LogP contribution is 2.44. The van der Waals surface area contributed by atoms with Gasteiger partial charge >= 0.3 is 12.1 Å². The van der Waals surface area contributed by atoms with Crippen molar-refractivity contribution in [3.63, 3.8) is 0 Å². The quantitative estimate of drug-likeness (QED) is 0.233. The number of benzene rings is 1. The van der Waals surface area contributed by atoms with Crippen LogP contribution >= 0.6 is 23.5 Å². The molecule has 3 aromatic rings. The van der Waals surface area contributed by atoms with Crippen molar-refractivity contribution in [1.29, 1.82) is 0 Å². The van der Waals surface area contributed by atoms with E-state index >= 15 is 0 Å². The SMILES string of the molecule is CC(C)(C)OC(=O)NCc1ccccc1CC(=O)NC1C(=O)N2CC(CSc3ccc4nnnn4n3)(C(=O)O)CS[C@H]12. The number of rotatable bonds is 9. The summed E-state index contributed by atoms with van der Waals surface area (Å²) in [5.74, 6) is -1.20. The molecule has 1 aromatic carbocycles. The van der Waals surface area contributed by atoms with Gasteiger partial charge in [0.25, 0.3) is 0 Å². The molecule has 0 saturated carbocycles. The molecule has 2 unspecified atom stereocenters. The Labute approximate surface area is 249 Å². The van der Waals surface area contributed by atoms with Crippen LogP contribution in [0.5, 0.6) is 0 Å². The first kappa shape index (κ1) is 29.6. The smallest absolute Gasteiger partial charge is 0.407 e. The van der Waals surface area contributed by atoms with E-state index in [-0.39, 0.29) is 48.2 Å². The molecule has 0 spiro atoms. The number of aliphatic carboxylic acids is 1. The Kier molecular flexibility index (Phi) is 8.28. The lowest BCUT2D eigenvalue weighted by molar-refractivity contribution is -0.157. The number of tetrazole rings is 1. The second-order valence-electron chi connectivity index (χ2n) is 11.1. The molecule has 42 heavy (non-hydrogen) atoms. The summed E-state index contributed by atoms with van der Waals surface area (Å²) in [6.07, 6.45) is -0.543. The van der Waals surface area contributed by atoms with Gasteiger partial charge in [-0.15, -0.1) is 38.4 Å². The molecule has 0 radical (unpaired) electrons. The van der Waals surface area contributed by atoms with Crippen LogP contribution in [0.15, 0.2) is 41.4 Å². The number of nitrogens with one attached hydrogen (secondary N) is 2. The summed E-state index contributed by atoms with van der Waals surface area (Å²) in [7, 11) is 0. The molecule has 3 atom stereocenters. The molecule has 2 aliphatic heterocycles. The van der Waals surface area contributed by atoms with Crippen LogP contribution in [0, 0.1) is 5.41 Å². The number of hydrogen-bond acceptors (Lipinski definition) is 11. The van der Waals surface area contributed by atoms with Gasteiger partial charge in [-0.05, 0) is 54.5 Å². The van der Waals surface area contributed by atoms with Crippen molar-refractivity contribution in [2.24, 2.45) is 5.41 Å². The van der Waals surface area contributed by atoms with Crippen LogP contribution in [0.25, 0.3) is 5.65 Å². The monoisotopic (exact) mass is 614 g/mol. The van der Waals surface area contributed by atoms with Crippen molar-refractivity contribution in [2.45, 2.75) is 55.8 Å². The number of amides is 3. The molecule has 2 saturated heterocycles. The van der Waals surface area contributed by atoms with Gasteiger partial charge in [-0.1, -0.05) is 24.3 Å². The lowest BCUT2D eigenvalue weighted by Gasteiger charge is -2.53. The Morgan fingerprint density at radius 1 is 1.19 bits per heavy atom. The first-order valence-corrected chi connectivity index (χ1v) is 15.1. The summed E-state index contributed by atoms with van der Waals surface area (Å²) in [5.41, 5.74) is 0.123. The third-order valence-corrected chi connectivity index (χ3v) is 9.55. The van der Waals surface area contributed by atoms with Crippen molar-refractivity contribution in [2.75, 3.05) is 18.1 Å². The maximum absolute atomic E-state index is 13.0. The first-order chi connectivity index (χ1) is 19.9. The van der Waals surface area contributed by atoms with E-state index in [0.717, 1.165) is 5.56 Å². The van der Waals surface area contributed by atoms with Crippen LogP contribution in [-0.4, -0.2) is 94.2 Å². The number of thioether (sulfide) groups is 2. The molecule has 222 valence electrons. The second-order valence-corrected chi connectivity index (χ2v) is 13.2. The van der Waals surface area contributed by atoms with Crippen LogP contribution in [-0.2, 0) is 32.1 Å². The molecule has 2 aliphatic rings. The lowest BCUT2D eigenvalue weighted by atomic mass is 9.89. The van der Waals surface area contributed by atoms with Gasteiger partial charge in [-0.2, -0.15) is 0 Å². The van der Waals surface area contributed by atoms with Gasteiger partial charge < -0.3 is 25.4 Å². The lowest BCUT2D eigenvalue weighted by Crippen LogP contribution is -2.74. The van der Waals surface area contributed by atoms with Gasteiger partial charge in [0, 0.05) is 24.6 Å². The third-order valence-electron chi connectivity index (χ3n) is 6.75. The summed E-state index contributed by atoms with van der Waals surface area (Å²) < 4.78 is 6.54. The summed E-state index contributed by atoms with van der Waals surface area (Å²) in [6.45, 7) is 5.54. The van der Waals surface area contributed by atoms with Crippen molar-refractivity contribution in [1.82, 2.24) is 40.8 Å². The molecule has 0 aliphatic carbocycles. The number of hydrogen-bond donors (Lipinski definition) is 3. The van der Waals surface area contributed by atoms with E-state index in [1.54, 1.807) is 45.0 Å². The average Bonchev–Trinajstić information content (AvgIpc) is 3.41. The Balaban J connectivity index is 1.16. The maximum Gasteiger partial charge on any atom is 0.407 e. The van der Waals surface area contributed by atoms with Crippen LogP contribution < -0.4 is 10.6 Å². The summed E-state index contributed by atoms with van der Waals surface area (Å²) in [6, 6.07) is 9.89. The molecule has 3 N–H and O–H groups in total. The van der Waals surface area contributed by atoms with Gasteiger partial charge in [-0.25, -0.2) is 4.79 Å². The number of alkyl carbamates (subject to hydrolysis) is 1. The molecular weight excluding hydrogens is 584 g/mol. The number of carboxylic acids is 1.